The fraction of sp³-hybridized carbons (Fsp3) is 0.267. The van der Waals surface area contributed by atoms with Crippen LogP contribution in [-0.4, -0.2) is 47.1 Å². The topological polar surface area (TPSA) is 61.4 Å². The number of anilines is 2. The maximum absolute atomic E-state index is 12.2. The molecule has 22 heavy (non-hydrogen) atoms. The van der Waals surface area contributed by atoms with Crippen LogP contribution in [-0.2, 0) is 0 Å². The molecular weight excluding hydrogens is 302 g/mol. The van der Waals surface area contributed by atoms with Gasteiger partial charge in [-0.25, -0.2) is 9.78 Å². The number of aromatic nitrogens is 2. The Kier molecular flexibility index (Phi) is 4.39. The monoisotopic (exact) mass is 317 g/mol. The lowest BCUT2D eigenvalue weighted by Gasteiger charge is -2.35. The highest BCUT2D eigenvalue weighted by atomic mass is 35.5. The molecular formula is C15H16ClN5O. The third-order valence-corrected chi connectivity index (χ3v) is 3.83. The van der Waals surface area contributed by atoms with Gasteiger partial charge < -0.3 is 15.1 Å². The predicted molar refractivity (Wildman–Crippen MR) is 86.3 cm³/mol. The highest BCUT2D eigenvalue weighted by Gasteiger charge is 2.22. The van der Waals surface area contributed by atoms with Gasteiger partial charge in [-0.3, -0.25) is 4.98 Å². The van der Waals surface area contributed by atoms with Crippen LogP contribution in [0, 0.1) is 0 Å². The fourth-order valence-electron chi connectivity index (χ4n) is 2.37. The molecule has 0 aliphatic carbocycles. The lowest BCUT2D eigenvalue weighted by Crippen LogP contribution is -2.50. The number of carbonyl (C=O) groups is 1. The van der Waals surface area contributed by atoms with Gasteiger partial charge in [0.15, 0.2) is 0 Å². The second-order valence-electron chi connectivity index (χ2n) is 4.95. The third-order valence-electron chi connectivity index (χ3n) is 3.54. The normalized spacial score (nSPS) is 14.8. The van der Waals surface area contributed by atoms with Crippen LogP contribution in [0.25, 0.3) is 0 Å². The van der Waals surface area contributed by atoms with Crippen molar-refractivity contribution >= 4 is 29.1 Å². The number of piperazine rings is 1. The maximum Gasteiger partial charge on any atom is 0.321 e. The standard InChI is InChI=1S/C15H16ClN5O/c16-13-2-1-5-18-14(13)20-8-10-21(11-9-20)15(22)19-12-3-6-17-7-4-12/h1-7H,8-11H2,(H,17,19,22). The first-order chi connectivity index (χ1) is 10.7. The highest BCUT2D eigenvalue weighted by molar-refractivity contribution is 6.32. The van der Waals surface area contributed by atoms with E-state index in [1.54, 1.807) is 35.6 Å². The van der Waals surface area contributed by atoms with Crippen LogP contribution in [0.3, 0.4) is 0 Å². The van der Waals surface area contributed by atoms with Crippen LogP contribution in [0.4, 0.5) is 16.3 Å². The summed E-state index contributed by atoms with van der Waals surface area (Å²) in [5, 5.41) is 3.50. The summed E-state index contributed by atoms with van der Waals surface area (Å²) in [4.78, 5) is 24.3. The number of pyridine rings is 2. The minimum absolute atomic E-state index is 0.0991. The number of hydrogen-bond acceptors (Lipinski definition) is 4. The summed E-state index contributed by atoms with van der Waals surface area (Å²) in [6.07, 6.45) is 5.02. The molecule has 0 radical (unpaired) electrons. The van der Waals surface area contributed by atoms with Gasteiger partial charge in [0.05, 0.1) is 5.02 Å². The molecule has 0 saturated carbocycles. The Bertz CT molecular complexity index is 643. The molecule has 0 atom stereocenters. The molecule has 2 aromatic rings. The van der Waals surface area contributed by atoms with Crippen molar-refractivity contribution < 1.29 is 4.79 Å². The van der Waals surface area contributed by atoms with E-state index in [4.69, 9.17) is 11.6 Å². The van der Waals surface area contributed by atoms with Crippen molar-refractivity contribution in [2.45, 2.75) is 0 Å². The van der Waals surface area contributed by atoms with E-state index in [1.165, 1.54) is 0 Å². The van der Waals surface area contributed by atoms with Crippen LogP contribution >= 0.6 is 11.6 Å². The van der Waals surface area contributed by atoms with E-state index >= 15 is 0 Å². The molecule has 7 heteroatoms. The lowest BCUT2D eigenvalue weighted by molar-refractivity contribution is 0.208. The maximum atomic E-state index is 12.2. The van der Waals surface area contributed by atoms with E-state index < -0.39 is 0 Å². The van der Waals surface area contributed by atoms with Gasteiger partial charge >= 0.3 is 6.03 Å². The number of nitrogens with one attached hydrogen (secondary N) is 1. The number of nitrogens with zero attached hydrogens (tertiary/aromatic N) is 4. The van der Waals surface area contributed by atoms with Crippen LogP contribution in [0.5, 0.6) is 0 Å². The molecule has 0 spiro atoms. The van der Waals surface area contributed by atoms with Gasteiger partial charge in [0.25, 0.3) is 0 Å². The van der Waals surface area contributed by atoms with Crippen LogP contribution in [0.1, 0.15) is 0 Å². The molecule has 6 nitrogen and oxygen atoms in total. The van der Waals surface area contributed by atoms with Crippen LogP contribution in [0.15, 0.2) is 42.9 Å². The molecule has 2 amide bonds. The first-order valence-electron chi connectivity index (χ1n) is 7.05. The zero-order chi connectivity index (χ0) is 15.4. The average molecular weight is 318 g/mol. The summed E-state index contributed by atoms with van der Waals surface area (Å²) < 4.78 is 0. The first kappa shape index (κ1) is 14.6. The number of rotatable bonds is 2. The van der Waals surface area contributed by atoms with Gasteiger partial charge in [-0.05, 0) is 24.3 Å². The molecule has 0 unspecified atom stereocenters. The van der Waals surface area contributed by atoms with Crippen LogP contribution in [0.2, 0.25) is 5.02 Å². The highest BCUT2D eigenvalue weighted by Crippen LogP contribution is 2.23. The SMILES string of the molecule is O=C(Nc1ccncc1)N1CCN(c2ncccc2Cl)CC1. The predicted octanol–water partition coefficient (Wildman–Crippen LogP) is 2.48. The van der Waals surface area contributed by atoms with Gasteiger partial charge in [0.2, 0.25) is 0 Å². The number of amides is 2. The van der Waals surface area contributed by atoms with E-state index in [1.807, 2.05) is 12.1 Å². The van der Waals surface area contributed by atoms with Gasteiger partial charge in [0.1, 0.15) is 5.82 Å². The zero-order valence-corrected chi connectivity index (χ0v) is 12.7. The molecule has 3 heterocycles. The van der Waals surface area contributed by atoms with Gasteiger partial charge in [-0.2, -0.15) is 0 Å². The van der Waals surface area contributed by atoms with E-state index in [-0.39, 0.29) is 6.03 Å². The smallest absolute Gasteiger partial charge is 0.321 e. The summed E-state index contributed by atoms with van der Waals surface area (Å²) in [6, 6.07) is 7.07. The number of hydrogen-bond donors (Lipinski definition) is 1. The second kappa shape index (κ2) is 6.62. The molecule has 0 aromatic carbocycles. The van der Waals surface area contributed by atoms with Crippen molar-refractivity contribution in [3.8, 4) is 0 Å². The van der Waals surface area contributed by atoms with Crippen molar-refractivity contribution in [1.29, 1.82) is 0 Å². The molecule has 1 fully saturated rings. The number of urea groups is 1. The van der Waals surface area contributed by atoms with Crippen molar-refractivity contribution in [3.05, 3.63) is 47.9 Å². The van der Waals surface area contributed by atoms with Crippen molar-refractivity contribution in [1.82, 2.24) is 14.9 Å². The molecule has 1 aliphatic heterocycles. The Labute approximate surface area is 133 Å². The lowest BCUT2D eigenvalue weighted by atomic mass is 10.3. The van der Waals surface area contributed by atoms with Gasteiger partial charge in [-0.1, -0.05) is 11.6 Å². The number of halogens is 1. The van der Waals surface area contributed by atoms with Crippen molar-refractivity contribution in [2.24, 2.45) is 0 Å². The molecule has 1 saturated heterocycles. The molecule has 1 aliphatic rings. The Balaban J connectivity index is 1.58. The molecule has 3 rings (SSSR count). The van der Waals surface area contributed by atoms with E-state index in [9.17, 15) is 4.79 Å². The largest absolute Gasteiger partial charge is 0.352 e. The quantitative estimate of drug-likeness (QED) is 0.924. The summed E-state index contributed by atoms with van der Waals surface area (Å²) in [6.45, 7) is 2.68. The van der Waals surface area contributed by atoms with Crippen LogP contribution < -0.4 is 10.2 Å². The summed E-state index contributed by atoms with van der Waals surface area (Å²) >= 11 is 6.16. The zero-order valence-electron chi connectivity index (χ0n) is 11.9. The summed E-state index contributed by atoms with van der Waals surface area (Å²) in [5.74, 6) is 0.776. The first-order valence-corrected chi connectivity index (χ1v) is 7.43. The van der Waals surface area contributed by atoms with E-state index in [0.717, 1.165) is 11.5 Å². The average Bonchev–Trinajstić information content (AvgIpc) is 2.56. The fourth-order valence-corrected chi connectivity index (χ4v) is 2.61. The van der Waals surface area contributed by atoms with E-state index in [2.05, 4.69) is 20.2 Å². The Morgan fingerprint density at radius 2 is 1.82 bits per heavy atom. The molecule has 0 bridgehead atoms. The van der Waals surface area contributed by atoms with E-state index in [0.29, 0.717) is 31.2 Å². The second-order valence-corrected chi connectivity index (χ2v) is 5.36. The minimum Gasteiger partial charge on any atom is -0.352 e. The molecule has 114 valence electrons. The summed E-state index contributed by atoms with van der Waals surface area (Å²) in [5.41, 5.74) is 0.746. The van der Waals surface area contributed by atoms with Gasteiger partial charge in [-0.15, -0.1) is 0 Å². The Morgan fingerprint density at radius 3 is 2.50 bits per heavy atom. The molecule has 2 aromatic heterocycles. The third kappa shape index (κ3) is 3.28. The van der Waals surface area contributed by atoms with Crippen molar-refractivity contribution in [3.63, 3.8) is 0 Å². The Hall–Kier alpha value is -2.34. The van der Waals surface area contributed by atoms with Crippen molar-refractivity contribution in [2.75, 3.05) is 36.4 Å². The van der Waals surface area contributed by atoms with Gasteiger partial charge in [0, 0.05) is 50.5 Å². The number of carbonyl (C=O) groups excluding carboxylic acids is 1. The minimum atomic E-state index is -0.0991. The molecule has 1 N–H and O–H groups in total. The summed E-state index contributed by atoms with van der Waals surface area (Å²) in [7, 11) is 0. The Morgan fingerprint density at radius 1 is 1.09 bits per heavy atom.